The van der Waals surface area contributed by atoms with Crippen LogP contribution in [0.1, 0.15) is 23.0 Å². The van der Waals surface area contributed by atoms with E-state index < -0.39 is 13.5 Å². The van der Waals surface area contributed by atoms with Crippen LogP contribution in [-0.4, -0.2) is 72.2 Å². The van der Waals surface area contributed by atoms with Gasteiger partial charge in [0.1, 0.15) is 33.7 Å². The summed E-state index contributed by atoms with van der Waals surface area (Å²) in [5.74, 6) is 2.20. The average molecular weight is 637 g/mol. The Kier molecular flexibility index (Phi) is 9.08. The Balaban J connectivity index is 1.57. The molecule has 1 aliphatic rings. The highest BCUT2D eigenvalue weighted by Gasteiger charge is 2.38. The molecule has 14 heteroatoms. The van der Waals surface area contributed by atoms with E-state index in [2.05, 4.69) is 20.4 Å². The van der Waals surface area contributed by atoms with Gasteiger partial charge in [0.2, 0.25) is 0 Å². The Morgan fingerprint density at radius 1 is 0.452 bits per heavy atom. The van der Waals surface area contributed by atoms with Crippen LogP contribution in [0.2, 0.25) is 0 Å². The summed E-state index contributed by atoms with van der Waals surface area (Å²) in [6, 6.07) is 27.0. The van der Waals surface area contributed by atoms with Crippen molar-refractivity contribution in [2.75, 3.05) is 28.2 Å². The van der Waals surface area contributed by atoms with Crippen LogP contribution in [0.15, 0.2) is 114 Å². The number of hydrogen-bond acceptors (Lipinski definition) is 12. The zero-order valence-electron chi connectivity index (χ0n) is 23.5. The summed E-state index contributed by atoms with van der Waals surface area (Å²) < 4.78 is 19.0. The van der Waals surface area contributed by atoms with Gasteiger partial charge in [-0.05, 0) is 48.5 Å². The third kappa shape index (κ3) is 6.13. The summed E-state index contributed by atoms with van der Waals surface area (Å²) in [4.78, 5) is 0. The molecule has 2 aromatic carbocycles. The Hall–Kier alpha value is -3.56. The lowest BCUT2D eigenvalue weighted by atomic mass is 10.4. The molecular formula is C28H30N8O2P2S2. The van der Waals surface area contributed by atoms with Crippen molar-refractivity contribution in [3.05, 3.63) is 108 Å². The topological polar surface area (TPSA) is 88.7 Å². The first-order chi connectivity index (χ1) is 20.2. The Bertz CT molecular complexity index is 1420. The van der Waals surface area contributed by atoms with Gasteiger partial charge < -0.3 is 33.3 Å². The monoisotopic (exact) mass is 636 g/mol. The van der Waals surface area contributed by atoms with E-state index in [4.69, 9.17) is 33.3 Å². The van der Waals surface area contributed by atoms with Crippen molar-refractivity contribution < 1.29 is 8.83 Å². The maximum atomic E-state index is 6.26. The highest BCUT2D eigenvalue weighted by Crippen LogP contribution is 2.61. The molecule has 2 aromatic heterocycles. The standard InChI is InChI=1S/C28H30N8O2P2S2/c1-33-29-19-23-15-16-25(37-23)21-31-35(3)40(42,28-13-9-6-10-14-28)36(4)32-22-26-18-17-24(38-26)20-30-34(2)39(33,41)27-11-7-5-8-12-27/h5-22H,1-4H3/b29-19-,30-20-,31-21-,32-22-. The molecule has 0 unspecified atom stereocenters. The first kappa shape index (κ1) is 29.9. The fourth-order valence-corrected chi connectivity index (χ4v) is 9.35. The van der Waals surface area contributed by atoms with Crippen molar-refractivity contribution in [3.8, 4) is 0 Å². The van der Waals surface area contributed by atoms with E-state index in [-0.39, 0.29) is 0 Å². The van der Waals surface area contributed by atoms with Gasteiger partial charge >= 0.3 is 0 Å². The average Bonchev–Trinajstić information content (AvgIpc) is 3.69. The van der Waals surface area contributed by atoms with Crippen LogP contribution in [-0.2, 0) is 24.5 Å². The normalized spacial score (nSPS) is 24.7. The fourth-order valence-electron chi connectivity index (χ4n) is 4.14. The zero-order valence-corrected chi connectivity index (χ0v) is 26.9. The van der Waals surface area contributed by atoms with Crippen LogP contribution < -0.4 is 10.6 Å². The van der Waals surface area contributed by atoms with Crippen LogP contribution in [0.25, 0.3) is 0 Å². The predicted octanol–water partition coefficient (Wildman–Crippen LogP) is 4.92. The smallest absolute Gasteiger partial charge is 0.151 e. The fraction of sp³-hybridized carbons (Fsp3) is 0.143. The van der Waals surface area contributed by atoms with Crippen LogP contribution >= 0.6 is 13.5 Å². The van der Waals surface area contributed by atoms with Crippen molar-refractivity contribution >= 4 is 73.5 Å². The lowest BCUT2D eigenvalue weighted by molar-refractivity contribution is 0.492. The second-order valence-corrected chi connectivity index (χ2v) is 17.8. The predicted molar refractivity (Wildman–Crippen MR) is 180 cm³/mol. The van der Waals surface area contributed by atoms with E-state index >= 15 is 0 Å². The molecule has 216 valence electrons. The minimum absolute atomic E-state index is 0.549. The summed E-state index contributed by atoms with van der Waals surface area (Å²) in [5, 5.41) is 20.6. The Labute approximate surface area is 257 Å². The minimum atomic E-state index is -2.65. The van der Waals surface area contributed by atoms with E-state index in [1.165, 1.54) is 0 Å². The quantitative estimate of drug-likeness (QED) is 0.227. The third-order valence-corrected chi connectivity index (χ3v) is 16.1. The van der Waals surface area contributed by atoms with Crippen LogP contribution in [0.3, 0.4) is 0 Å². The summed E-state index contributed by atoms with van der Waals surface area (Å²) >= 11 is 12.5. The van der Waals surface area contributed by atoms with Gasteiger partial charge in [0.25, 0.3) is 0 Å². The molecule has 0 atom stereocenters. The Morgan fingerprint density at radius 3 is 0.976 bits per heavy atom. The van der Waals surface area contributed by atoms with E-state index in [1.54, 1.807) is 44.0 Å². The molecule has 3 heterocycles. The van der Waals surface area contributed by atoms with Gasteiger partial charge in [0.05, 0.1) is 53.0 Å². The van der Waals surface area contributed by atoms with Gasteiger partial charge in [-0.1, -0.05) is 36.4 Å². The maximum absolute atomic E-state index is 6.26. The number of fused-ring (bicyclic) bond motifs is 4. The molecule has 4 bridgehead atoms. The summed E-state index contributed by atoms with van der Waals surface area (Å²) in [6.45, 7) is -5.30. The molecule has 0 amide bonds. The molecule has 0 saturated carbocycles. The van der Waals surface area contributed by atoms with Gasteiger partial charge in [0.15, 0.2) is 13.5 Å². The third-order valence-electron chi connectivity index (χ3n) is 6.46. The molecule has 4 aromatic rings. The highest BCUT2D eigenvalue weighted by molar-refractivity contribution is 8.43. The highest BCUT2D eigenvalue weighted by atomic mass is 32.7. The number of hydrazone groups is 4. The Morgan fingerprint density at radius 2 is 0.714 bits per heavy atom. The maximum Gasteiger partial charge on any atom is 0.151 e. The first-order valence-electron chi connectivity index (χ1n) is 12.8. The van der Waals surface area contributed by atoms with Gasteiger partial charge in [-0.15, -0.1) is 20.4 Å². The molecule has 0 aliphatic carbocycles. The van der Waals surface area contributed by atoms with Crippen molar-refractivity contribution in [1.29, 1.82) is 0 Å². The SMILES string of the molecule is CN1/N=C\c2ccc(o2)/C=N\N(C)[P+]([S-])(c2ccccc2)N(C)/N=C\c2ccc(o2)/C=N\N(C)[P+]1([S-])c1ccccc1. The van der Waals surface area contributed by atoms with E-state index in [0.717, 1.165) is 10.6 Å². The summed E-state index contributed by atoms with van der Waals surface area (Å²) in [7, 11) is 7.38. The second-order valence-electron chi connectivity index (χ2n) is 9.18. The van der Waals surface area contributed by atoms with Crippen molar-refractivity contribution in [1.82, 2.24) is 19.1 Å². The van der Waals surface area contributed by atoms with Gasteiger partial charge in [-0.2, -0.15) is 19.1 Å². The van der Waals surface area contributed by atoms with Crippen LogP contribution in [0.5, 0.6) is 0 Å². The molecular weight excluding hydrogens is 606 g/mol. The van der Waals surface area contributed by atoms with Crippen molar-refractivity contribution in [3.63, 3.8) is 0 Å². The summed E-state index contributed by atoms with van der Waals surface area (Å²) in [6.07, 6.45) is 6.54. The number of benzene rings is 2. The molecule has 0 N–H and O–H groups in total. The van der Waals surface area contributed by atoms with Crippen LogP contribution in [0.4, 0.5) is 0 Å². The zero-order chi connectivity index (χ0) is 29.7. The van der Waals surface area contributed by atoms with Crippen molar-refractivity contribution in [2.45, 2.75) is 0 Å². The first-order valence-corrected chi connectivity index (χ1v) is 18.3. The van der Waals surface area contributed by atoms with Gasteiger partial charge in [-0.25, -0.2) is 0 Å². The minimum Gasteiger partial charge on any atom is -0.498 e. The molecule has 1 aliphatic heterocycles. The van der Waals surface area contributed by atoms with Gasteiger partial charge in [0, 0.05) is 0 Å². The van der Waals surface area contributed by atoms with Gasteiger partial charge in [-0.3, -0.25) is 0 Å². The van der Waals surface area contributed by atoms with E-state index in [9.17, 15) is 0 Å². The van der Waals surface area contributed by atoms with Crippen LogP contribution in [0, 0.1) is 0 Å². The van der Waals surface area contributed by atoms with Crippen molar-refractivity contribution in [2.24, 2.45) is 20.4 Å². The lowest BCUT2D eigenvalue weighted by Gasteiger charge is -2.41. The summed E-state index contributed by atoms with van der Waals surface area (Å²) in [5.41, 5.74) is 0. The van der Waals surface area contributed by atoms with E-state index in [0.29, 0.717) is 23.0 Å². The van der Waals surface area contributed by atoms with E-state index in [1.807, 2.05) is 113 Å². The molecule has 0 fully saturated rings. The molecule has 0 saturated heterocycles. The second kappa shape index (κ2) is 12.8. The number of hydrogen-bond donors (Lipinski definition) is 0. The molecule has 10 nitrogen and oxygen atoms in total. The molecule has 5 rings (SSSR count). The number of furan rings is 2. The number of rotatable bonds is 2. The molecule has 0 radical (unpaired) electrons. The number of nitrogens with zero attached hydrogens (tertiary/aromatic N) is 8. The lowest BCUT2D eigenvalue weighted by Crippen LogP contribution is -2.32. The molecule has 42 heavy (non-hydrogen) atoms. The molecule has 0 spiro atoms. The largest absolute Gasteiger partial charge is 0.498 e.